The molecule has 1 N–H and O–H groups in total. The molecule has 0 saturated heterocycles. The van der Waals surface area contributed by atoms with E-state index in [1.807, 2.05) is 0 Å². The van der Waals surface area contributed by atoms with E-state index in [9.17, 15) is 17.6 Å². The molecule has 0 bridgehead atoms. The van der Waals surface area contributed by atoms with Crippen LogP contribution in [0.15, 0.2) is 24.3 Å². The summed E-state index contributed by atoms with van der Waals surface area (Å²) in [6.07, 6.45) is -4.25. The van der Waals surface area contributed by atoms with Crippen LogP contribution in [0.25, 0.3) is 0 Å². The fourth-order valence-electron chi connectivity index (χ4n) is 1.16. The normalized spacial score (nSPS) is 13.9. The molecule has 0 aliphatic heterocycles. The Morgan fingerprint density at radius 1 is 1.33 bits per heavy atom. The molecule has 0 aromatic heterocycles. The van der Waals surface area contributed by atoms with Gasteiger partial charge in [0.1, 0.15) is 5.82 Å². The van der Waals surface area contributed by atoms with E-state index in [4.69, 9.17) is 0 Å². The lowest BCUT2D eigenvalue weighted by Gasteiger charge is -2.15. The third-order valence-electron chi connectivity index (χ3n) is 1.96. The van der Waals surface area contributed by atoms with Crippen LogP contribution in [-0.2, 0) is 0 Å². The van der Waals surface area contributed by atoms with Gasteiger partial charge >= 0.3 is 6.18 Å². The van der Waals surface area contributed by atoms with E-state index < -0.39 is 24.6 Å². The summed E-state index contributed by atoms with van der Waals surface area (Å²) < 4.78 is 48.4. The highest BCUT2D eigenvalue weighted by Crippen LogP contribution is 2.17. The maximum absolute atomic E-state index is 12.8. The quantitative estimate of drug-likeness (QED) is 0.773. The largest absolute Gasteiger partial charge is 0.401 e. The zero-order chi connectivity index (χ0) is 11.5. The van der Waals surface area contributed by atoms with Crippen LogP contribution in [0.1, 0.15) is 18.5 Å². The Balaban J connectivity index is 2.58. The molecular formula is C10H11F4N. The van der Waals surface area contributed by atoms with Crippen LogP contribution in [0.2, 0.25) is 0 Å². The molecule has 0 aliphatic rings. The number of benzene rings is 1. The van der Waals surface area contributed by atoms with Gasteiger partial charge in [0, 0.05) is 6.04 Å². The highest BCUT2D eigenvalue weighted by Gasteiger charge is 2.27. The summed E-state index contributed by atoms with van der Waals surface area (Å²) in [6, 6.07) is 4.99. The van der Waals surface area contributed by atoms with Gasteiger partial charge in [0.15, 0.2) is 0 Å². The lowest BCUT2D eigenvalue weighted by molar-refractivity contribution is -0.126. The van der Waals surface area contributed by atoms with Gasteiger partial charge in [0.25, 0.3) is 0 Å². The summed E-state index contributed by atoms with van der Waals surface area (Å²) in [5.74, 6) is -0.451. The molecule has 0 heterocycles. The second-order valence-corrected chi connectivity index (χ2v) is 3.27. The fraction of sp³-hybridized carbons (Fsp3) is 0.400. The fourth-order valence-corrected chi connectivity index (χ4v) is 1.16. The van der Waals surface area contributed by atoms with Gasteiger partial charge in [-0.1, -0.05) is 12.1 Å². The molecule has 0 saturated carbocycles. The summed E-state index contributed by atoms with van der Waals surface area (Å²) in [5, 5.41) is 2.27. The topological polar surface area (TPSA) is 12.0 Å². The minimum atomic E-state index is -4.25. The highest BCUT2D eigenvalue weighted by molar-refractivity contribution is 5.19. The predicted octanol–water partition coefficient (Wildman–Crippen LogP) is 3.04. The zero-order valence-electron chi connectivity index (χ0n) is 8.11. The number of rotatable bonds is 3. The van der Waals surface area contributed by atoms with Gasteiger partial charge in [-0.15, -0.1) is 0 Å². The molecule has 0 aliphatic carbocycles. The molecule has 0 spiro atoms. The first kappa shape index (κ1) is 12.0. The van der Waals surface area contributed by atoms with Crippen molar-refractivity contribution in [3.05, 3.63) is 35.6 Å². The summed E-state index contributed by atoms with van der Waals surface area (Å²) in [4.78, 5) is 0. The van der Waals surface area contributed by atoms with E-state index in [0.717, 1.165) is 0 Å². The number of hydrogen-bond acceptors (Lipinski definition) is 1. The molecule has 0 unspecified atom stereocenters. The van der Waals surface area contributed by atoms with Crippen molar-refractivity contribution in [1.82, 2.24) is 5.32 Å². The molecule has 1 aromatic carbocycles. The average molecular weight is 221 g/mol. The smallest absolute Gasteiger partial charge is 0.302 e. The molecular weight excluding hydrogens is 210 g/mol. The van der Waals surface area contributed by atoms with E-state index in [1.54, 1.807) is 13.0 Å². The van der Waals surface area contributed by atoms with Gasteiger partial charge < -0.3 is 5.32 Å². The van der Waals surface area contributed by atoms with Gasteiger partial charge in [-0.2, -0.15) is 13.2 Å². The minimum absolute atomic E-state index is 0.451. The maximum Gasteiger partial charge on any atom is 0.401 e. The van der Waals surface area contributed by atoms with Gasteiger partial charge in [-0.05, 0) is 24.6 Å². The third-order valence-corrected chi connectivity index (χ3v) is 1.96. The van der Waals surface area contributed by atoms with E-state index >= 15 is 0 Å². The lowest BCUT2D eigenvalue weighted by atomic mass is 10.1. The predicted molar refractivity (Wildman–Crippen MR) is 48.9 cm³/mol. The first-order valence-electron chi connectivity index (χ1n) is 4.44. The Bertz CT molecular complexity index is 321. The molecule has 0 radical (unpaired) electrons. The van der Waals surface area contributed by atoms with E-state index in [1.165, 1.54) is 18.2 Å². The minimum Gasteiger partial charge on any atom is -0.302 e. The molecule has 1 rings (SSSR count). The molecule has 1 aromatic rings. The zero-order valence-corrected chi connectivity index (χ0v) is 8.11. The standard InChI is InChI=1S/C10H11F4N/c1-7(15-6-10(12,13)14)8-3-2-4-9(11)5-8/h2-5,7,15H,6H2,1H3/t7-/m1/s1. The van der Waals surface area contributed by atoms with Crippen molar-refractivity contribution in [3.63, 3.8) is 0 Å². The molecule has 0 amide bonds. The number of hydrogen-bond donors (Lipinski definition) is 1. The molecule has 84 valence electrons. The Labute approximate surface area is 85.1 Å². The van der Waals surface area contributed by atoms with Crippen molar-refractivity contribution in [2.75, 3.05) is 6.54 Å². The molecule has 1 nitrogen and oxygen atoms in total. The summed E-state index contributed by atoms with van der Waals surface area (Å²) in [5.41, 5.74) is 0.499. The number of nitrogens with one attached hydrogen (secondary N) is 1. The van der Waals surface area contributed by atoms with Crippen LogP contribution < -0.4 is 5.32 Å². The van der Waals surface area contributed by atoms with Crippen molar-refractivity contribution in [2.45, 2.75) is 19.1 Å². The summed E-state index contributed by atoms with van der Waals surface area (Å²) in [6.45, 7) is 0.477. The van der Waals surface area contributed by atoms with Crippen LogP contribution >= 0.6 is 0 Å². The first-order valence-corrected chi connectivity index (χ1v) is 4.44. The Morgan fingerprint density at radius 3 is 2.53 bits per heavy atom. The Hall–Kier alpha value is -1.10. The monoisotopic (exact) mass is 221 g/mol. The maximum atomic E-state index is 12.8. The highest BCUT2D eigenvalue weighted by atomic mass is 19.4. The second kappa shape index (κ2) is 4.61. The molecule has 15 heavy (non-hydrogen) atoms. The van der Waals surface area contributed by atoms with Gasteiger partial charge in [-0.3, -0.25) is 0 Å². The van der Waals surface area contributed by atoms with Crippen LogP contribution in [-0.4, -0.2) is 12.7 Å². The third kappa shape index (κ3) is 4.29. The van der Waals surface area contributed by atoms with E-state index in [-0.39, 0.29) is 0 Å². The van der Waals surface area contributed by atoms with Gasteiger partial charge in [-0.25, -0.2) is 4.39 Å². The van der Waals surface area contributed by atoms with Gasteiger partial charge in [0.05, 0.1) is 6.54 Å². The van der Waals surface area contributed by atoms with Crippen molar-refractivity contribution >= 4 is 0 Å². The van der Waals surface area contributed by atoms with E-state index in [0.29, 0.717) is 5.56 Å². The number of alkyl halides is 3. The van der Waals surface area contributed by atoms with Crippen molar-refractivity contribution in [1.29, 1.82) is 0 Å². The summed E-state index contributed by atoms with van der Waals surface area (Å²) in [7, 11) is 0. The first-order chi connectivity index (χ1) is 6.88. The van der Waals surface area contributed by atoms with Crippen molar-refractivity contribution < 1.29 is 17.6 Å². The van der Waals surface area contributed by atoms with Crippen LogP contribution in [0, 0.1) is 5.82 Å². The van der Waals surface area contributed by atoms with Crippen LogP contribution in [0.4, 0.5) is 17.6 Å². The second-order valence-electron chi connectivity index (χ2n) is 3.27. The molecule has 1 atom stereocenters. The summed E-state index contributed by atoms with van der Waals surface area (Å²) >= 11 is 0. The molecule has 5 heteroatoms. The van der Waals surface area contributed by atoms with Gasteiger partial charge in [0.2, 0.25) is 0 Å². The van der Waals surface area contributed by atoms with Crippen molar-refractivity contribution in [2.24, 2.45) is 0 Å². The lowest BCUT2D eigenvalue weighted by Crippen LogP contribution is -2.30. The van der Waals surface area contributed by atoms with Crippen molar-refractivity contribution in [3.8, 4) is 0 Å². The van der Waals surface area contributed by atoms with Crippen LogP contribution in [0.3, 0.4) is 0 Å². The Morgan fingerprint density at radius 2 is 2.00 bits per heavy atom. The SMILES string of the molecule is C[C@@H](NCC(F)(F)F)c1cccc(F)c1. The van der Waals surface area contributed by atoms with Crippen LogP contribution in [0.5, 0.6) is 0 Å². The van der Waals surface area contributed by atoms with E-state index in [2.05, 4.69) is 5.32 Å². The number of halogens is 4. The average Bonchev–Trinajstić information content (AvgIpc) is 2.13. The Kier molecular flexibility index (Phi) is 3.68. The molecule has 0 fully saturated rings.